The lowest BCUT2D eigenvalue weighted by Crippen LogP contribution is -1.75. The molecule has 0 fully saturated rings. The molecule has 62 valence electrons. The molecule has 5 heteroatoms. The summed E-state index contributed by atoms with van der Waals surface area (Å²) < 4.78 is 14.0. The molecule has 1 aromatic carbocycles. The second-order valence-electron chi connectivity index (χ2n) is 2.20. The first-order chi connectivity index (χ1) is 5.66. The summed E-state index contributed by atoms with van der Waals surface area (Å²) in [5.41, 5.74) is 0.548. The van der Waals surface area contributed by atoms with E-state index in [0.29, 0.717) is 9.98 Å². The molecule has 0 N–H and O–H groups in total. The van der Waals surface area contributed by atoms with E-state index in [0.717, 1.165) is 4.70 Å². The van der Waals surface area contributed by atoms with Crippen molar-refractivity contribution in [1.82, 2.24) is 4.98 Å². The molecule has 0 atom stereocenters. The molecule has 0 saturated heterocycles. The summed E-state index contributed by atoms with van der Waals surface area (Å²) in [6.45, 7) is 0. The van der Waals surface area contributed by atoms with Gasteiger partial charge in [0.2, 0.25) is 0 Å². The number of hydrogen-bond donors (Lipinski definition) is 0. The standard InChI is InChI=1S/C7H2Cl2FNS/c8-3-1-6-5(2-4(3)10)11-7(9)12-6/h1-2H. The molecule has 0 aliphatic heterocycles. The molecule has 0 amide bonds. The van der Waals surface area contributed by atoms with E-state index in [1.165, 1.54) is 23.5 Å². The second kappa shape index (κ2) is 2.83. The molecule has 0 spiro atoms. The molecule has 1 heterocycles. The van der Waals surface area contributed by atoms with Crippen LogP contribution in [0.25, 0.3) is 10.2 Å². The molecule has 0 aliphatic carbocycles. The molecular weight excluding hydrogens is 220 g/mol. The zero-order valence-electron chi connectivity index (χ0n) is 5.64. The first-order valence-corrected chi connectivity index (χ1v) is 4.65. The van der Waals surface area contributed by atoms with Crippen LogP contribution in [-0.2, 0) is 0 Å². The average Bonchev–Trinajstić information content (AvgIpc) is 2.30. The minimum atomic E-state index is -0.467. The van der Waals surface area contributed by atoms with Crippen LogP contribution in [0.5, 0.6) is 0 Å². The van der Waals surface area contributed by atoms with Gasteiger partial charge in [0.05, 0.1) is 15.2 Å². The normalized spacial score (nSPS) is 10.9. The SMILES string of the molecule is Fc1cc2nc(Cl)sc2cc1Cl. The predicted octanol–water partition coefficient (Wildman–Crippen LogP) is 3.74. The Bertz CT molecular complexity index is 401. The summed E-state index contributed by atoms with van der Waals surface area (Å²) >= 11 is 12.5. The molecule has 0 radical (unpaired) electrons. The highest BCUT2D eigenvalue weighted by atomic mass is 35.5. The number of hydrogen-bond acceptors (Lipinski definition) is 2. The number of halogens is 3. The summed E-state index contributed by atoms with van der Waals surface area (Å²) in [6, 6.07) is 2.80. The number of aromatic nitrogens is 1. The zero-order valence-corrected chi connectivity index (χ0v) is 7.97. The van der Waals surface area contributed by atoms with Crippen LogP contribution < -0.4 is 0 Å². The van der Waals surface area contributed by atoms with Crippen LogP contribution in [0.2, 0.25) is 9.49 Å². The quantitative estimate of drug-likeness (QED) is 0.661. The maximum absolute atomic E-state index is 12.8. The molecule has 2 aromatic rings. The third-order valence-electron chi connectivity index (χ3n) is 1.40. The summed E-state index contributed by atoms with van der Waals surface area (Å²) in [6.07, 6.45) is 0. The fourth-order valence-corrected chi connectivity index (χ4v) is 2.18. The van der Waals surface area contributed by atoms with E-state index in [1.54, 1.807) is 0 Å². The Morgan fingerprint density at radius 2 is 2.08 bits per heavy atom. The number of benzene rings is 1. The third kappa shape index (κ3) is 1.28. The van der Waals surface area contributed by atoms with Crippen LogP contribution in [0.1, 0.15) is 0 Å². The van der Waals surface area contributed by atoms with Crippen LogP contribution in [0.4, 0.5) is 4.39 Å². The summed E-state index contributed by atoms with van der Waals surface area (Å²) in [5, 5.41) is 0.0998. The highest BCUT2D eigenvalue weighted by Crippen LogP contribution is 2.29. The number of nitrogens with zero attached hydrogens (tertiary/aromatic N) is 1. The predicted molar refractivity (Wildman–Crippen MR) is 49.6 cm³/mol. The van der Waals surface area contributed by atoms with Gasteiger partial charge in [-0.2, -0.15) is 0 Å². The van der Waals surface area contributed by atoms with Crippen molar-refractivity contribution in [1.29, 1.82) is 0 Å². The first kappa shape index (κ1) is 8.23. The molecule has 12 heavy (non-hydrogen) atoms. The van der Waals surface area contributed by atoms with Crippen LogP contribution in [-0.4, -0.2) is 4.98 Å². The summed E-state index contributed by atoms with van der Waals surface area (Å²) in [5.74, 6) is -0.467. The monoisotopic (exact) mass is 221 g/mol. The van der Waals surface area contributed by atoms with Gasteiger partial charge < -0.3 is 0 Å². The van der Waals surface area contributed by atoms with Gasteiger partial charge in [0, 0.05) is 6.07 Å². The number of thiazole rings is 1. The maximum Gasteiger partial charge on any atom is 0.184 e. The van der Waals surface area contributed by atoms with E-state index in [9.17, 15) is 4.39 Å². The molecule has 0 bridgehead atoms. The van der Waals surface area contributed by atoms with Crippen LogP contribution in [0.3, 0.4) is 0 Å². The average molecular weight is 222 g/mol. The van der Waals surface area contributed by atoms with Crippen LogP contribution >= 0.6 is 34.5 Å². The number of fused-ring (bicyclic) bond motifs is 1. The van der Waals surface area contributed by atoms with E-state index in [4.69, 9.17) is 23.2 Å². The van der Waals surface area contributed by atoms with E-state index < -0.39 is 5.82 Å². The van der Waals surface area contributed by atoms with Gasteiger partial charge >= 0.3 is 0 Å². The Morgan fingerprint density at radius 3 is 2.83 bits per heavy atom. The van der Waals surface area contributed by atoms with Crippen molar-refractivity contribution in [3.05, 3.63) is 27.4 Å². The highest BCUT2D eigenvalue weighted by Gasteiger charge is 2.06. The van der Waals surface area contributed by atoms with Gasteiger partial charge in [-0.15, -0.1) is 11.3 Å². The van der Waals surface area contributed by atoms with Crippen molar-refractivity contribution < 1.29 is 4.39 Å². The Kier molecular flexibility index (Phi) is 1.94. The Labute approximate surface area is 81.7 Å². The second-order valence-corrected chi connectivity index (χ2v) is 4.22. The van der Waals surface area contributed by atoms with Crippen molar-refractivity contribution in [3.63, 3.8) is 0 Å². The van der Waals surface area contributed by atoms with Gasteiger partial charge in [-0.3, -0.25) is 0 Å². The van der Waals surface area contributed by atoms with Crippen molar-refractivity contribution >= 4 is 44.8 Å². The van der Waals surface area contributed by atoms with Crippen molar-refractivity contribution in [2.24, 2.45) is 0 Å². The third-order valence-corrected chi connectivity index (χ3v) is 2.82. The molecule has 1 aromatic heterocycles. The van der Waals surface area contributed by atoms with E-state index in [1.807, 2.05) is 0 Å². The van der Waals surface area contributed by atoms with Gasteiger partial charge in [0.25, 0.3) is 0 Å². The van der Waals surface area contributed by atoms with Gasteiger partial charge in [-0.1, -0.05) is 23.2 Å². The summed E-state index contributed by atoms with van der Waals surface area (Å²) in [7, 11) is 0. The Morgan fingerprint density at radius 1 is 1.33 bits per heavy atom. The number of rotatable bonds is 0. The van der Waals surface area contributed by atoms with Gasteiger partial charge in [-0.25, -0.2) is 9.37 Å². The Balaban J connectivity index is 2.83. The minimum absolute atomic E-state index is 0.0998. The van der Waals surface area contributed by atoms with E-state index in [-0.39, 0.29) is 5.02 Å². The maximum atomic E-state index is 12.8. The lowest BCUT2D eigenvalue weighted by molar-refractivity contribution is 0.630. The smallest absolute Gasteiger partial charge is 0.184 e. The van der Waals surface area contributed by atoms with Gasteiger partial charge in [-0.05, 0) is 6.07 Å². The van der Waals surface area contributed by atoms with E-state index >= 15 is 0 Å². The first-order valence-electron chi connectivity index (χ1n) is 3.08. The van der Waals surface area contributed by atoms with Crippen LogP contribution in [0, 0.1) is 5.82 Å². The lowest BCUT2D eigenvalue weighted by Gasteiger charge is -1.91. The molecule has 1 nitrogen and oxygen atoms in total. The largest absolute Gasteiger partial charge is 0.225 e. The highest BCUT2D eigenvalue weighted by molar-refractivity contribution is 7.22. The molecular formula is C7H2Cl2FNS. The molecule has 0 unspecified atom stereocenters. The molecule has 2 rings (SSSR count). The van der Waals surface area contributed by atoms with Gasteiger partial charge in [0.15, 0.2) is 4.47 Å². The van der Waals surface area contributed by atoms with Gasteiger partial charge in [0.1, 0.15) is 5.82 Å². The van der Waals surface area contributed by atoms with E-state index in [2.05, 4.69) is 4.98 Å². The minimum Gasteiger partial charge on any atom is -0.225 e. The molecule has 0 saturated carbocycles. The van der Waals surface area contributed by atoms with Crippen molar-refractivity contribution in [2.45, 2.75) is 0 Å². The van der Waals surface area contributed by atoms with Crippen molar-refractivity contribution in [3.8, 4) is 0 Å². The summed E-state index contributed by atoms with van der Waals surface area (Å²) in [4.78, 5) is 3.90. The fourth-order valence-electron chi connectivity index (χ4n) is 0.895. The Hall–Kier alpha value is -0.380. The van der Waals surface area contributed by atoms with Crippen molar-refractivity contribution in [2.75, 3.05) is 0 Å². The van der Waals surface area contributed by atoms with Crippen LogP contribution in [0.15, 0.2) is 12.1 Å². The fraction of sp³-hybridized carbons (Fsp3) is 0. The molecule has 0 aliphatic rings. The zero-order chi connectivity index (χ0) is 8.72. The lowest BCUT2D eigenvalue weighted by atomic mass is 10.3. The topological polar surface area (TPSA) is 12.9 Å².